The van der Waals surface area contributed by atoms with Crippen LogP contribution in [-0.4, -0.2) is 20.0 Å². The van der Waals surface area contributed by atoms with E-state index in [2.05, 4.69) is 32.4 Å². The highest BCUT2D eigenvalue weighted by molar-refractivity contribution is 7.79. The summed E-state index contributed by atoms with van der Waals surface area (Å²) in [6.07, 6.45) is 12.1. The average molecular weight is 452 g/mol. The second-order valence-electron chi connectivity index (χ2n) is 4.55. The quantitative estimate of drug-likeness (QED) is 0.228. The highest BCUT2D eigenvalue weighted by Gasteiger charge is 2.03. The third kappa shape index (κ3) is 19.1. The molecule has 176 valence electrons. The molecule has 1 aromatic carbocycles. The Morgan fingerprint density at radius 1 is 0.935 bits per heavy atom. The molecule has 1 aromatic rings. The van der Waals surface area contributed by atoms with E-state index in [0.29, 0.717) is 31.0 Å². The predicted molar refractivity (Wildman–Crippen MR) is 142 cm³/mol. The Labute approximate surface area is 196 Å². The van der Waals surface area contributed by atoms with Crippen molar-refractivity contribution in [3.63, 3.8) is 0 Å². The highest BCUT2D eigenvalue weighted by Crippen LogP contribution is 2.21. The van der Waals surface area contributed by atoms with Gasteiger partial charge in [0.15, 0.2) is 0 Å². The monoisotopic (exact) mass is 451 g/mol. The van der Waals surface area contributed by atoms with Crippen LogP contribution in [-0.2, 0) is 0 Å². The number of hydrogen-bond acceptors (Lipinski definition) is 4. The lowest BCUT2D eigenvalue weighted by molar-refractivity contribution is 0.354. The minimum atomic E-state index is 0.435. The minimum Gasteiger partial charge on any atom is -0.489 e. The second kappa shape index (κ2) is 29.5. The van der Waals surface area contributed by atoms with Gasteiger partial charge in [-0.25, -0.2) is 0 Å². The van der Waals surface area contributed by atoms with Gasteiger partial charge in [-0.05, 0) is 55.2 Å². The molecule has 2 N–H and O–H groups in total. The lowest BCUT2D eigenvalue weighted by Crippen LogP contribution is -2.06. The smallest absolute Gasteiger partial charge is 0.146 e. The number of alkyl halides is 1. The Kier molecular flexibility index (Phi) is 34.1. The van der Waals surface area contributed by atoms with E-state index in [4.69, 9.17) is 15.2 Å². The van der Waals surface area contributed by atoms with Crippen molar-refractivity contribution in [3.8, 4) is 11.5 Å². The van der Waals surface area contributed by atoms with Crippen LogP contribution < -0.4 is 15.2 Å². The van der Waals surface area contributed by atoms with Gasteiger partial charge >= 0.3 is 0 Å². The van der Waals surface area contributed by atoms with Gasteiger partial charge in [0, 0.05) is 0 Å². The van der Waals surface area contributed by atoms with Crippen molar-refractivity contribution in [1.82, 2.24) is 0 Å². The van der Waals surface area contributed by atoms with Gasteiger partial charge in [0.1, 0.15) is 23.9 Å². The van der Waals surface area contributed by atoms with Crippen LogP contribution in [0.1, 0.15) is 34.6 Å². The Morgan fingerprint density at radius 3 is 1.77 bits per heavy atom. The Hall–Kier alpha value is -2.66. The first-order valence-corrected chi connectivity index (χ1v) is 11.0. The molecule has 0 saturated carbocycles. The van der Waals surface area contributed by atoms with E-state index >= 15 is 0 Å². The van der Waals surface area contributed by atoms with E-state index in [9.17, 15) is 4.39 Å². The molecule has 0 saturated heterocycles. The van der Waals surface area contributed by atoms with Crippen molar-refractivity contribution in [2.45, 2.75) is 34.6 Å². The van der Waals surface area contributed by atoms with E-state index in [1.807, 2.05) is 65.0 Å². The van der Waals surface area contributed by atoms with Crippen molar-refractivity contribution in [1.29, 1.82) is 0 Å². The molecule has 0 fully saturated rings. The summed E-state index contributed by atoms with van der Waals surface area (Å²) in [4.78, 5) is 0. The molecular weight excluding hydrogens is 409 g/mol. The standard InChI is InChI=1S/C20H23NO2.2C2H6.CH3F.CH4S/c1-5-9-16(7-3)15-22-17-11-13-18(14-12-17)23-20(8-4)19(21)10-6-2;4*1-2/h5-14H,1-3,15,21H2,4H3;2*1-2H3;1H3;2H,1H3/b16-9+,19-10+,20-8+;;;;. The number of halogens is 1. The third-order valence-electron chi connectivity index (χ3n) is 2.90. The fraction of sp³-hybridized carbons (Fsp3) is 0.308. The van der Waals surface area contributed by atoms with Gasteiger partial charge in [0.2, 0.25) is 0 Å². The summed E-state index contributed by atoms with van der Waals surface area (Å²) in [5.41, 5.74) is 7.37. The van der Waals surface area contributed by atoms with Gasteiger partial charge < -0.3 is 15.2 Å². The van der Waals surface area contributed by atoms with Gasteiger partial charge in [-0.15, -0.1) is 0 Å². The van der Waals surface area contributed by atoms with Crippen LogP contribution in [0.5, 0.6) is 11.5 Å². The number of rotatable bonds is 9. The van der Waals surface area contributed by atoms with E-state index in [1.165, 1.54) is 0 Å². The van der Waals surface area contributed by atoms with Crippen molar-refractivity contribution >= 4 is 12.6 Å². The van der Waals surface area contributed by atoms with Gasteiger partial charge in [0.25, 0.3) is 0 Å². The molecule has 0 bridgehead atoms. The van der Waals surface area contributed by atoms with Crippen LogP contribution in [0, 0.1) is 0 Å². The predicted octanol–water partition coefficient (Wildman–Crippen LogP) is 7.86. The number of nitrogens with two attached hydrogens (primary N) is 1. The first kappa shape index (κ1) is 35.8. The normalized spacial score (nSPS) is 10.0. The van der Waals surface area contributed by atoms with Crippen LogP contribution in [0.4, 0.5) is 4.39 Å². The lowest BCUT2D eigenvalue weighted by Gasteiger charge is -2.11. The van der Waals surface area contributed by atoms with Crippen molar-refractivity contribution in [2.24, 2.45) is 5.73 Å². The van der Waals surface area contributed by atoms with Crippen LogP contribution in [0.15, 0.2) is 97.5 Å². The van der Waals surface area contributed by atoms with Crippen molar-refractivity contribution < 1.29 is 13.9 Å². The number of thiol groups is 1. The lowest BCUT2D eigenvalue weighted by atomic mass is 10.2. The summed E-state index contributed by atoms with van der Waals surface area (Å²) < 4.78 is 20.9. The van der Waals surface area contributed by atoms with Gasteiger partial charge in [-0.2, -0.15) is 12.6 Å². The summed E-state index contributed by atoms with van der Waals surface area (Å²) in [7, 11) is 0.500. The van der Waals surface area contributed by atoms with Crippen LogP contribution >= 0.6 is 12.6 Å². The zero-order valence-corrected chi connectivity index (χ0v) is 21.2. The van der Waals surface area contributed by atoms with Crippen LogP contribution in [0.25, 0.3) is 0 Å². The van der Waals surface area contributed by atoms with Gasteiger partial charge in [0.05, 0.1) is 12.9 Å². The van der Waals surface area contributed by atoms with E-state index in [0.717, 1.165) is 11.3 Å². The second-order valence-corrected chi connectivity index (χ2v) is 4.55. The van der Waals surface area contributed by atoms with Crippen molar-refractivity contribution in [3.05, 3.63) is 97.5 Å². The van der Waals surface area contributed by atoms with Crippen LogP contribution in [0.2, 0.25) is 0 Å². The first-order valence-electron chi connectivity index (χ1n) is 10.1. The summed E-state index contributed by atoms with van der Waals surface area (Å²) >= 11 is 3.53. The number of allylic oxidation sites excluding steroid dienone is 5. The largest absolute Gasteiger partial charge is 0.489 e. The Bertz CT molecular complexity index is 648. The molecule has 0 heterocycles. The van der Waals surface area contributed by atoms with E-state index in [1.54, 1.807) is 36.6 Å². The molecule has 3 nitrogen and oxygen atoms in total. The molecule has 0 aromatic heterocycles. The summed E-state index contributed by atoms with van der Waals surface area (Å²) in [5.74, 6) is 2.00. The minimum absolute atomic E-state index is 0.435. The van der Waals surface area contributed by atoms with E-state index in [-0.39, 0.29) is 0 Å². The Balaban J connectivity index is -0.000000407. The fourth-order valence-corrected chi connectivity index (χ4v) is 1.72. The number of hydrogen-bond donors (Lipinski definition) is 2. The molecule has 0 amide bonds. The Morgan fingerprint density at radius 2 is 1.39 bits per heavy atom. The molecule has 31 heavy (non-hydrogen) atoms. The fourth-order valence-electron chi connectivity index (χ4n) is 1.72. The zero-order chi connectivity index (χ0) is 25.1. The summed E-state index contributed by atoms with van der Waals surface area (Å²) in [6, 6.07) is 7.32. The summed E-state index contributed by atoms with van der Waals surface area (Å²) in [5, 5.41) is 0. The molecule has 0 radical (unpaired) electrons. The van der Waals surface area contributed by atoms with Crippen molar-refractivity contribution in [2.75, 3.05) is 20.0 Å². The third-order valence-corrected chi connectivity index (χ3v) is 2.90. The zero-order valence-electron chi connectivity index (χ0n) is 20.3. The van der Waals surface area contributed by atoms with Crippen LogP contribution in [0.3, 0.4) is 0 Å². The van der Waals surface area contributed by atoms with Gasteiger partial charge in [-0.3, -0.25) is 4.39 Å². The summed E-state index contributed by atoms with van der Waals surface area (Å²) in [6.45, 7) is 21.3. The number of ether oxygens (including phenoxy) is 2. The average Bonchev–Trinajstić information content (AvgIpc) is 2.86. The first-order chi connectivity index (χ1) is 15.1. The van der Waals surface area contributed by atoms with E-state index < -0.39 is 0 Å². The molecule has 1 rings (SSSR count). The number of benzene rings is 1. The molecule has 0 aliphatic rings. The molecule has 0 aliphatic carbocycles. The SMILES string of the molecule is C=C/C=C(\C=C)COc1ccc(OC(=C/C)/C(N)=C\C=C)cc1.CC.CC.CF.CS. The molecular formula is C26H42FNO2S. The molecule has 0 unspecified atom stereocenters. The maximum atomic E-state index is 9.50. The maximum Gasteiger partial charge on any atom is 0.146 e. The maximum absolute atomic E-state index is 9.50. The topological polar surface area (TPSA) is 44.5 Å². The molecule has 0 aliphatic heterocycles. The molecule has 0 spiro atoms. The molecule has 5 heteroatoms. The highest BCUT2D eigenvalue weighted by atomic mass is 32.1. The van der Waals surface area contributed by atoms with Gasteiger partial charge in [-0.1, -0.05) is 71.7 Å². The molecule has 0 atom stereocenters.